The van der Waals surface area contributed by atoms with E-state index in [9.17, 15) is 9.59 Å². The van der Waals surface area contributed by atoms with Gasteiger partial charge in [0.2, 0.25) is 5.91 Å². The Morgan fingerprint density at radius 3 is 1.43 bits per heavy atom. The highest BCUT2D eigenvalue weighted by atomic mass is 16.4. The van der Waals surface area contributed by atoms with Crippen molar-refractivity contribution < 1.29 is 14.7 Å². The van der Waals surface area contributed by atoms with Gasteiger partial charge in [-0.3, -0.25) is 9.59 Å². The molecule has 2 N–H and O–H groups in total. The van der Waals surface area contributed by atoms with Crippen LogP contribution in [-0.4, -0.2) is 17.0 Å². The molecule has 1 aromatic carbocycles. The van der Waals surface area contributed by atoms with Crippen LogP contribution in [0.5, 0.6) is 0 Å². The zero-order chi connectivity index (χ0) is 20.3. The van der Waals surface area contributed by atoms with Crippen molar-refractivity contribution in [2.24, 2.45) is 0 Å². The van der Waals surface area contributed by atoms with Crippen LogP contribution < -0.4 is 5.32 Å². The van der Waals surface area contributed by atoms with Crippen LogP contribution in [0.2, 0.25) is 0 Å². The second kappa shape index (κ2) is 17.3. The van der Waals surface area contributed by atoms with E-state index in [1.54, 1.807) is 0 Å². The third-order valence-electron chi connectivity index (χ3n) is 5.10. The molecule has 0 spiro atoms. The maximum Gasteiger partial charge on any atom is 0.303 e. The van der Waals surface area contributed by atoms with Crippen molar-refractivity contribution in [3.05, 3.63) is 30.3 Å². The van der Waals surface area contributed by atoms with Crippen LogP contribution in [0.25, 0.3) is 0 Å². The fraction of sp³-hybridized carbons (Fsp3) is 0.667. The summed E-state index contributed by atoms with van der Waals surface area (Å²) in [6, 6.07) is 9.64. The Balaban J connectivity index is 1.76. The molecule has 0 bridgehead atoms. The Kier molecular flexibility index (Phi) is 14.9. The Hall–Kier alpha value is -1.84. The Labute approximate surface area is 171 Å². The van der Waals surface area contributed by atoms with Crippen LogP contribution in [0.1, 0.15) is 103 Å². The summed E-state index contributed by atoms with van der Waals surface area (Å²) in [4.78, 5) is 22.2. The van der Waals surface area contributed by atoms with Crippen molar-refractivity contribution in [3.8, 4) is 0 Å². The molecule has 0 atom stereocenters. The molecule has 1 amide bonds. The van der Waals surface area contributed by atoms with Crippen molar-refractivity contribution in [1.82, 2.24) is 0 Å². The SMILES string of the molecule is O=C(O)CCCCCCCCCCCCCCCCC(=O)Nc1ccccc1. The van der Waals surface area contributed by atoms with E-state index in [1.807, 2.05) is 30.3 Å². The normalized spacial score (nSPS) is 10.7. The van der Waals surface area contributed by atoms with E-state index >= 15 is 0 Å². The standard InChI is InChI=1S/C24H39NO3/c26-23(25-22-18-14-13-15-19-22)20-16-11-9-7-5-3-1-2-4-6-8-10-12-17-21-24(27)28/h13-15,18-19H,1-12,16-17,20-21H2,(H,25,26)(H,27,28). The lowest BCUT2D eigenvalue weighted by Gasteiger charge is -2.05. The van der Waals surface area contributed by atoms with Gasteiger partial charge in [0, 0.05) is 18.5 Å². The van der Waals surface area contributed by atoms with Crippen molar-refractivity contribution in [2.75, 3.05) is 5.32 Å². The zero-order valence-electron chi connectivity index (χ0n) is 17.5. The lowest BCUT2D eigenvalue weighted by atomic mass is 10.0. The first-order valence-electron chi connectivity index (χ1n) is 11.2. The lowest BCUT2D eigenvalue weighted by Crippen LogP contribution is -2.10. The molecule has 0 heterocycles. The third-order valence-corrected chi connectivity index (χ3v) is 5.10. The first-order valence-corrected chi connectivity index (χ1v) is 11.2. The number of aliphatic carboxylic acids is 1. The molecular weight excluding hydrogens is 350 g/mol. The summed E-state index contributed by atoms with van der Waals surface area (Å²) in [5.41, 5.74) is 0.880. The number of unbranched alkanes of at least 4 members (excludes halogenated alkanes) is 13. The fourth-order valence-electron chi connectivity index (χ4n) is 3.43. The minimum Gasteiger partial charge on any atom is -0.481 e. The van der Waals surface area contributed by atoms with Gasteiger partial charge in [0.25, 0.3) is 0 Å². The Morgan fingerprint density at radius 1 is 0.607 bits per heavy atom. The second-order valence-electron chi connectivity index (χ2n) is 7.76. The van der Waals surface area contributed by atoms with Gasteiger partial charge in [-0.1, -0.05) is 95.2 Å². The maximum atomic E-state index is 11.8. The number of nitrogens with one attached hydrogen (secondary N) is 1. The first kappa shape index (κ1) is 24.2. The molecule has 0 saturated carbocycles. The molecule has 0 unspecified atom stereocenters. The van der Waals surface area contributed by atoms with Gasteiger partial charge in [-0.15, -0.1) is 0 Å². The number of rotatable bonds is 18. The number of carboxylic acids is 1. The highest BCUT2D eigenvalue weighted by molar-refractivity contribution is 5.90. The number of carboxylic acid groups (broad SMARTS) is 1. The summed E-state index contributed by atoms with van der Waals surface area (Å²) in [6.45, 7) is 0. The van der Waals surface area contributed by atoms with Crippen LogP contribution in [0.15, 0.2) is 30.3 Å². The van der Waals surface area contributed by atoms with Gasteiger partial charge in [-0.25, -0.2) is 0 Å². The van der Waals surface area contributed by atoms with Gasteiger partial charge >= 0.3 is 5.97 Å². The molecule has 1 rings (SSSR count). The van der Waals surface area contributed by atoms with Crippen LogP contribution in [0.3, 0.4) is 0 Å². The molecule has 158 valence electrons. The average molecular weight is 390 g/mol. The van der Waals surface area contributed by atoms with Crippen LogP contribution in [-0.2, 0) is 9.59 Å². The van der Waals surface area contributed by atoms with Gasteiger partial charge in [-0.2, -0.15) is 0 Å². The third kappa shape index (κ3) is 15.2. The largest absolute Gasteiger partial charge is 0.481 e. The lowest BCUT2D eigenvalue weighted by molar-refractivity contribution is -0.137. The number of hydrogen-bond acceptors (Lipinski definition) is 2. The summed E-state index contributed by atoms with van der Waals surface area (Å²) >= 11 is 0. The van der Waals surface area contributed by atoms with E-state index in [2.05, 4.69) is 5.32 Å². The molecule has 0 saturated heterocycles. The minimum atomic E-state index is -0.673. The zero-order valence-corrected chi connectivity index (χ0v) is 17.5. The van der Waals surface area contributed by atoms with E-state index in [1.165, 1.54) is 64.2 Å². The summed E-state index contributed by atoms with van der Waals surface area (Å²) in [5, 5.41) is 11.5. The van der Waals surface area contributed by atoms with Crippen molar-refractivity contribution in [3.63, 3.8) is 0 Å². The molecule has 4 heteroatoms. The smallest absolute Gasteiger partial charge is 0.303 e. The predicted octanol–water partition coefficient (Wildman–Crippen LogP) is 6.95. The van der Waals surface area contributed by atoms with E-state index in [0.717, 1.165) is 31.4 Å². The first-order chi connectivity index (χ1) is 13.7. The minimum absolute atomic E-state index is 0.119. The molecule has 28 heavy (non-hydrogen) atoms. The van der Waals surface area contributed by atoms with Crippen molar-refractivity contribution in [1.29, 1.82) is 0 Å². The fourth-order valence-corrected chi connectivity index (χ4v) is 3.43. The molecule has 0 aliphatic rings. The Bertz CT molecular complexity index is 516. The quantitative estimate of drug-likeness (QED) is 0.267. The number of amides is 1. The molecule has 0 fully saturated rings. The molecular formula is C24H39NO3. The summed E-state index contributed by atoms with van der Waals surface area (Å²) in [6.07, 6.45) is 17.8. The maximum absolute atomic E-state index is 11.8. The Morgan fingerprint density at radius 2 is 1.00 bits per heavy atom. The average Bonchev–Trinajstić information content (AvgIpc) is 2.68. The van der Waals surface area contributed by atoms with Gasteiger partial charge in [-0.05, 0) is 25.0 Å². The number of hydrogen-bond donors (Lipinski definition) is 2. The second-order valence-corrected chi connectivity index (χ2v) is 7.76. The van der Waals surface area contributed by atoms with Gasteiger partial charge in [0.1, 0.15) is 0 Å². The van der Waals surface area contributed by atoms with Crippen molar-refractivity contribution in [2.45, 2.75) is 103 Å². The highest BCUT2D eigenvalue weighted by Gasteiger charge is 2.01. The molecule has 0 aliphatic heterocycles. The summed E-state index contributed by atoms with van der Waals surface area (Å²) in [5.74, 6) is -0.554. The predicted molar refractivity (Wildman–Crippen MR) is 117 cm³/mol. The molecule has 0 radical (unpaired) electrons. The van der Waals surface area contributed by atoms with E-state index in [4.69, 9.17) is 5.11 Å². The molecule has 1 aromatic rings. The van der Waals surface area contributed by atoms with Crippen LogP contribution in [0, 0.1) is 0 Å². The molecule has 0 aliphatic carbocycles. The van der Waals surface area contributed by atoms with E-state index in [0.29, 0.717) is 12.8 Å². The summed E-state index contributed by atoms with van der Waals surface area (Å²) < 4.78 is 0. The van der Waals surface area contributed by atoms with E-state index in [-0.39, 0.29) is 5.91 Å². The van der Waals surface area contributed by atoms with Crippen molar-refractivity contribution >= 4 is 17.6 Å². The summed E-state index contributed by atoms with van der Waals surface area (Å²) in [7, 11) is 0. The highest BCUT2D eigenvalue weighted by Crippen LogP contribution is 2.14. The number of anilines is 1. The van der Waals surface area contributed by atoms with Crippen LogP contribution in [0.4, 0.5) is 5.69 Å². The van der Waals surface area contributed by atoms with Gasteiger partial charge in [0.15, 0.2) is 0 Å². The number of para-hydroxylation sites is 1. The number of carbonyl (C=O) groups excluding carboxylic acids is 1. The topological polar surface area (TPSA) is 66.4 Å². The molecule has 0 aromatic heterocycles. The number of carbonyl (C=O) groups is 2. The van der Waals surface area contributed by atoms with Crippen LogP contribution >= 0.6 is 0 Å². The van der Waals surface area contributed by atoms with Gasteiger partial charge < -0.3 is 10.4 Å². The van der Waals surface area contributed by atoms with E-state index < -0.39 is 5.97 Å². The monoisotopic (exact) mass is 389 g/mol. The van der Waals surface area contributed by atoms with Gasteiger partial charge in [0.05, 0.1) is 0 Å². The number of benzene rings is 1. The molecule has 4 nitrogen and oxygen atoms in total.